The molecule has 2 fully saturated rings. The molecule has 0 radical (unpaired) electrons. The third-order valence-corrected chi connectivity index (χ3v) is 6.45. The monoisotopic (exact) mass is 374 g/mol. The van der Waals surface area contributed by atoms with Gasteiger partial charge in [-0.15, -0.1) is 0 Å². The molecule has 3 unspecified atom stereocenters. The van der Waals surface area contributed by atoms with Crippen LogP contribution in [0.2, 0.25) is 0 Å². The SMILES string of the molecule is CC(c1ccc(C(=O)N(C2CCC(C#N)CC2)C2CC2)cc1)C(C)(F)P. The van der Waals surface area contributed by atoms with Gasteiger partial charge >= 0.3 is 0 Å². The van der Waals surface area contributed by atoms with E-state index >= 15 is 0 Å². The van der Waals surface area contributed by atoms with Crippen molar-refractivity contribution in [3.63, 3.8) is 0 Å². The predicted molar refractivity (Wildman–Crippen MR) is 105 cm³/mol. The van der Waals surface area contributed by atoms with Crippen molar-refractivity contribution < 1.29 is 9.18 Å². The number of hydrogen-bond donors (Lipinski definition) is 0. The van der Waals surface area contributed by atoms with E-state index in [2.05, 4.69) is 20.2 Å². The van der Waals surface area contributed by atoms with Crippen LogP contribution in [0.5, 0.6) is 0 Å². The maximum Gasteiger partial charge on any atom is 0.254 e. The summed E-state index contributed by atoms with van der Waals surface area (Å²) < 4.78 is 14.1. The fraction of sp³-hybridized carbons (Fsp3) is 0.619. The summed E-state index contributed by atoms with van der Waals surface area (Å²) in [6.45, 7) is 3.40. The van der Waals surface area contributed by atoms with Crippen LogP contribution in [-0.4, -0.2) is 28.3 Å². The first-order chi connectivity index (χ1) is 12.3. The highest BCUT2D eigenvalue weighted by atomic mass is 31.0. The molecule has 0 aromatic heterocycles. The number of rotatable bonds is 5. The van der Waals surface area contributed by atoms with Gasteiger partial charge in [-0.1, -0.05) is 28.3 Å². The zero-order valence-corrected chi connectivity index (χ0v) is 16.8. The van der Waals surface area contributed by atoms with Gasteiger partial charge in [-0.2, -0.15) is 5.26 Å². The van der Waals surface area contributed by atoms with E-state index < -0.39 is 5.41 Å². The van der Waals surface area contributed by atoms with Gasteiger partial charge in [0.15, 0.2) is 0 Å². The Morgan fingerprint density at radius 2 is 1.69 bits per heavy atom. The van der Waals surface area contributed by atoms with E-state index in [9.17, 15) is 9.18 Å². The lowest BCUT2D eigenvalue weighted by Gasteiger charge is -2.36. The molecule has 26 heavy (non-hydrogen) atoms. The third kappa shape index (κ3) is 4.26. The number of carbonyl (C=O) groups is 1. The molecule has 3 nitrogen and oxygen atoms in total. The van der Waals surface area contributed by atoms with Crippen molar-refractivity contribution in [2.75, 3.05) is 0 Å². The Hall–Kier alpha value is -1.46. The Labute approximate surface area is 158 Å². The van der Waals surface area contributed by atoms with Crippen molar-refractivity contribution in [1.29, 1.82) is 5.26 Å². The largest absolute Gasteiger partial charge is 0.333 e. The molecule has 3 atom stereocenters. The van der Waals surface area contributed by atoms with Gasteiger partial charge in [0.25, 0.3) is 5.91 Å². The summed E-state index contributed by atoms with van der Waals surface area (Å²) in [5.41, 5.74) is 1.58. The summed E-state index contributed by atoms with van der Waals surface area (Å²) >= 11 is 0. The minimum absolute atomic E-state index is 0.0843. The van der Waals surface area contributed by atoms with Gasteiger partial charge in [0.2, 0.25) is 0 Å². The number of nitriles is 1. The molecule has 0 bridgehead atoms. The number of hydrogen-bond acceptors (Lipinski definition) is 2. The molecule has 0 saturated heterocycles. The average molecular weight is 374 g/mol. The van der Waals surface area contributed by atoms with Crippen molar-refractivity contribution in [3.05, 3.63) is 35.4 Å². The molecule has 0 spiro atoms. The summed E-state index contributed by atoms with van der Waals surface area (Å²) in [6, 6.07) is 10.4. The number of amides is 1. The minimum atomic E-state index is -1.37. The Bertz CT molecular complexity index is 679. The molecule has 0 aliphatic heterocycles. The Kier molecular flexibility index (Phi) is 5.68. The molecule has 2 aliphatic rings. The van der Waals surface area contributed by atoms with Gasteiger partial charge in [-0.3, -0.25) is 4.79 Å². The van der Waals surface area contributed by atoms with Crippen molar-refractivity contribution >= 4 is 15.1 Å². The average Bonchev–Trinajstić information content (AvgIpc) is 3.46. The topological polar surface area (TPSA) is 44.1 Å². The van der Waals surface area contributed by atoms with Crippen LogP contribution in [0, 0.1) is 17.2 Å². The number of benzene rings is 1. The highest BCUT2D eigenvalue weighted by Crippen LogP contribution is 2.38. The van der Waals surface area contributed by atoms with Crippen LogP contribution in [-0.2, 0) is 0 Å². The summed E-state index contributed by atoms with van der Waals surface area (Å²) in [7, 11) is 2.25. The molecule has 2 saturated carbocycles. The second kappa shape index (κ2) is 7.65. The second-order valence-electron chi connectivity index (χ2n) is 8.07. The van der Waals surface area contributed by atoms with Crippen LogP contribution in [0.4, 0.5) is 4.39 Å². The zero-order chi connectivity index (χ0) is 18.9. The molecule has 2 aliphatic carbocycles. The van der Waals surface area contributed by atoms with E-state index in [0.29, 0.717) is 11.6 Å². The van der Waals surface area contributed by atoms with E-state index in [4.69, 9.17) is 5.26 Å². The van der Waals surface area contributed by atoms with Crippen molar-refractivity contribution in [3.8, 4) is 6.07 Å². The predicted octanol–water partition coefficient (Wildman–Crippen LogP) is 5.04. The Morgan fingerprint density at radius 3 is 2.12 bits per heavy atom. The number of carbonyl (C=O) groups excluding carboxylic acids is 1. The van der Waals surface area contributed by atoms with Gasteiger partial charge in [0, 0.05) is 29.5 Å². The molecule has 0 N–H and O–H groups in total. The fourth-order valence-electron chi connectivity index (χ4n) is 3.85. The molecular formula is C21H28FN2OP. The summed E-state index contributed by atoms with van der Waals surface area (Å²) in [6.07, 6.45) is 5.76. The van der Waals surface area contributed by atoms with Crippen LogP contribution in [0.25, 0.3) is 0 Å². The number of alkyl halides is 1. The highest BCUT2D eigenvalue weighted by molar-refractivity contribution is 7.18. The van der Waals surface area contributed by atoms with Crippen LogP contribution >= 0.6 is 9.24 Å². The molecular weight excluding hydrogens is 346 g/mol. The summed E-state index contributed by atoms with van der Waals surface area (Å²) in [5.74, 6) is -0.0245. The van der Waals surface area contributed by atoms with Crippen molar-refractivity contribution in [1.82, 2.24) is 4.90 Å². The molecule has 5 heteroatoms. The quantitative estimate of drug-likeness (QED) is 0.678. The molecule has 1 aromatic rings. The Morgan fingerprint density at radius 1 is 1.19 bits per heavy atom. The normalized spacial score (nSPS) is 26.4. The minimum Gasteiger partial charge on any atom is -0.333 e. The fourth-order valence-corrected chi connectivity index (χ4v) is 4.05. The Balaban J connectivity index is 1.73. The first-order valence-electron chi connectivity index (χ1n) is 9.61. The lowest BCUT2D eigenvalue weighted by Crippen LogP contribution is -2.43. The molecule has 140 valence electrons. The van der Waals surface area contributed by atoms with Gasteiger partial charge in [0.1, 0.15) is 5.41 Å². The summed E-state index contributed by atoms with van der Waals surface area (Å²) in [5, 5.41) is 7.72. The molecule has 1 amide bonds. The van der Waals surface area contributed by atoms with Gasteiger partial charge in [0.05, 0.1) is 6.07 Å². The van der Waals surface area contributed by atoms with Crippen LogP contribution < -0.4 is 0 Å². The number of halogens is 1. The molecule has 0 heterocycles. The molecule has 1 aromatic carbocycles. The van der Waals surface area contributed by atoms with E-state index in [1.807, 2.05) is 31.2 Å². The standard InChI is InChI=1S/C21H28FN2OP/c1-14(21(2,22)26)16-5-7-17(8-6-16)20(25)24(19-11-12-19)18-9-3-15(13-23)4-10-18/h5-8,14-15,18-19H,3-4,9-12,26H2,1-2H3. The maximum atomic E-state index is 14.1. The van der Waals surface area contributed by atoms with E-state index in [0.717, 1.165) is 44.1 Å². The van der Waals surface area contributed by atoms with Gasteiger partial charge in [-0.25, -0.2) is 4.39 Å². The smallest absolute Gasteiger partial charge is 0.254 e. The van der Waals surface area contributed by atoms with Crippen LogP contribution in [0.15, 0.2) is 24.3 Å². The lowest BCUT2D eigenvalue weighted by molar-refractivity contribution is 0.0601. The van der Waals surface area contributed by atoms with Crippen molar-refractivity contribution in [2.45, 2.75) is 75.8 Å². The highest BCUT2D eigenvalue weighted by Gasteiger charge is 2.39. The second-order valence-corrected chi connectivity index (χ2v) is 9.20. The first kappa shape index (κ1) is 19.3. The zero-order valence-electron chi connectivity index (χ0n) is 15.6. The molecule has 3 rings (SSSR count). The van der Waals surface area contributed by atoms with E-state index in [1.165, 1.54) is 0 Å². The first-order valence-corrected chi connectivity index (χ1v) is 10.2. The van der Waals surface area contributed by atoms with Crippen LogP contribution in [0.3, 0.4) is 0 Å². The van der Waals surface area contributed by atoms with Crippen LogP contribution in [0.1, 0.15) is 74.2 Å². The lowest BCUT2D eigenvalue weighted by atomic mass is 9.86. The van der Waals surface area contributed by atoms with Gasteiger partial charge < -0.3 is 4.90 Å². The maximum absolute atomic E-state index is 14.1. The van der Waals surface area contributed by atoms with Crippen molar-refractivity contribution in [2.24, 2.45) is 5.92 Å². The number of nitrogens with zero attached hydrogens (tertiary/aromatic N) is 2. The third-order valence-electron chi connectivity index (χ3n) is 5.95. The van der Waals surface area contributed by atoms with Gasteiger partial charge in [-0.05, 0) is 63.1 Å². The van der Waals surface area contributed by atoms with E-state index in [-0.39, 0.29) is 23.8 Å². The van der Waals surface area contributed by atoms with E-state index in [1.54, 1.807) is 6.92 Å². The summed E-state index contributed by atoms with van der Waals surface area (Å²) in [4.78, 5) is 15.2.